The first-order valence-electron chi connectivity index (χ1n) is 5.52. The summed E-state index contributed by atoms with van der Waals surface area (Å²) < 4.78 is 9.99. The minimum absolute atomic E-state index is 0.0537. The molecule has 2 N–H and O–H groups in total. The number of rotatable bonds is 6. The van der Waals surface area contributed by atoms with Crippen molar-refractivity contribution in [2.45, 2.75) is 31.4 Å². The normalized spacial score (nSPS) is 20.6. The number of carbonyl (C=O) groups is 2. The van der Waals surface area contributed by atoms with Gasteiger partial charge < -0.3 is 19.9 Å². The monoisotopic (exact) mass is 243 g/mol. The lowest BCUT2D eigenvalue weighted by molar-refractivity contribution is -0.140. The van der Waals surface area contributed by atoms with Gasteiger partial charge in [0.1, 0.15) is 12.6 Å². The van der Waals surface area contributed by atoms with Gasteiger partial charge in [-0.15, -0.1) is 0 Å². The highest BCUT2D eigenvalue weighted by Gasteiger charge is 2.27. The van der Waals surface area contributed by atoms with Crippen molar-refractivity contribution >= 4 is 12.1 Å². The molecule has 0 bridgehead atoms. The molecule has 0 aromatic carbocycles. The Kier molecular flexibility index (Phi) is 5.48. The van der Waals surface area contributed by atoms with E-state index in [4.69, 9.17) is 9.84 Å². The van der Waals surface area contributed by atoms with E-state index in [9.17, 15) is 9.59 Å². The molecular weight excluding hydrogens is 226 g/mol. The highest BCUT2D eigenvalue weighted by atomic mass is 16.5. The number of hydrogen-bond acceptors (Lipinski definition) is 4. The fourth-order valence-electron chi connectivity index (χ4n) is 1.63. The lowest BCUT2D eigenvalue weighted by Gasteiger charge is -2.17. The molecule has 0 spiro atoms. The van der Waals surface area contributed by atoms with Crippen molar-refractivity contribution in [3.8, 4) is 0 Å². The summed E-state index contributed by atoms with van der Waals surface area (Å²) in [5.74, 6) is -1.09. The van der Waals surface area contributed by atoms with Gasteiger partial charge in [0.25, 0.3) is 0 Å². The molecule has 1 aliphatic rings. The molecule has 0 aromatic rings. The van der Waals surface area contributed by atoms with Gasteiger partial charge in [0.15, 0.2) is 0 Å². The molecule has 96 valence electrons. The number of amides is 1. The van der Waals surface area contributed by atoms with E-state index in [0.29, 0.717) is 6.61 Å². The maximum atomic E-state index is 11.2. The minimum Gasteiger partial charge on any atom is -0.480 e. The van der Waals surface area contributed by atoms with Crippen LogP contribution in [0.5, 0.6) is 0 Å². The average Bonchev–Trinajstić information content (AvgIpc) is 2.78. The molecule has 1 saturated heterocycles. The molecule has 2 atom stereocenters. The lowest BCUT2D eigenvalue weighted by Crippen LogP contribution is -2.43. The molecule has 6 nitrogen and oxygen atoms in total. The molecule has 1 aliphatic heterocycles. The van der Waals surface area contributed by atoms with Gasteiger partial charge in [-0.05, 0) is 12.8 Å². The van der Waals surface area contributed by atoms with Crippen molar-refractivity contribution in [1.82, 2.24) is 5.32 Å². The van der Waals surface area contributed by atoms with E-state index >= 15 is 0 Å². The fourth-order valence-corrected chi connectivity index (χ4v) is 1.63. The van der Waals surface area contributed by atoms with Gasteiger partial charge in [-0.3, -0.25) is 0 Å². The van der Waals surface area contributed by atoms with Crippen LogP contribution in [0.15, 0.2) is 12.7 Å². The number of ether oxygens (including phenoxy) is 2. The first-order chi connectivity index (χ1) is 8.13. The zero-order chi connectivity index (χ0) is 12.7. The van der Waals surface area contributed by atoms with Crippen LogP contribution < -0.4 is 5.32 Å². The number of carbonyl (C=O) groups excluding carboxylic acids is 1. The van der Waals surface area contributed by atoms with Crippen molar-refractivity contribution in [3.05, 3.63) is 12.7 Å². The standard InChI is InChI=1S/C11H17NO5/c1-2-5-17-11(15)12-9(10(13)14)7-8-4-3-6-16-8/h2,8-9H,1,3-7H2,(H,12,15)(H,13,14). The Labute approximate surface area is 99.6 Å². The lowest BCUT2D eigenvalue weighted by atomic mass is 10.1. The first kappa shape index (κ1) is 13.5. The molecule has 6 heteroatoms. The van der Waals surface area contributed by atoms with Gasteiger partial charge in [0.05, 0.1) is 6.10 Å². The summed E-state index contributed by atoms with van der Waals surface area (Å²) in [7, 11) is 0. The van der Waals surface area contributed by atoms with Gasteiger partial charge in [-0.1, -0.05) is 12.7 Å². The Balaban J connectivity index is 2.39. The quantitative estimate of drug-likeness (QED) is 0.678. The Morgan fingerprint density at radius 3 is 2.94 bits per heavy atom. The zero-order valence-corrected chi connectivity index (χ0v) is 9.55. The van der Waals surface area contributed by atoms with E-state index in [-0.39, 0.29) is 19.1 Å². The van der Waals surface area contributed by atoms with Gasteiger partial charge in [-0.25, -0.2) is 9.59 Å². The van der Waals surface area contributed by atoms with Gasteiger partial charge in [0, 0.05) is 13.0 Å². The molecule has 0 aromatic heterocycles. The summed E-state index contributed by atoms with van der Waals surface area (Å²) in [6.45, 7) is 4.09. The number of nitrogens with one attached hydrogen (secondary N) is 1. The maximum absolute atomic E-state index is 11.2. The Morgan fingerprint density at radius 1 is 1.65 bits per heavy atom. The van der Waals surface area contributed by atoms with Crippen molar-refractivity contribution in [2.75, 3.05) is 13.2 Å². The van der Waals surface area contributed by atoms with E-state index in [1.54, 1.807) is 0 Å². The molecule has 17 heavy (non-hydrogen) atoms. The van der Waals surface area contributed by atoms with Crippen molar-refractivity contribution < 1.29 is 24.2 Å². The van der Waals surface area contributed by atoms with Crippen molar-refractivity contribution in [1.29, 1.82) is 0 Å². The van der Waals surface area contributed by atoms with E-state index in [2.05, 4.69) is 16.6 Å². The molecule has 1 amide bonds. The second-order valence-electron chi connectivity index (χ2n) is 3.79. The van der Waals surface area contributed by atoms with Crippen LogP contribution in [0.25, 0.3) is 0 Å². The molecule has 0 radical (unpaired) electrons. The van der Waals surface area contributed by atoms with Crippen LogP contribution in [-0.2, 0) is 14.3 Å². The molecule has 0 saturated carbocycles. The van der Waals surface area contributed by atoms with Crippen LogP contribution in [-0.4, -0.2) is 42.5 Å². The molecule has 1 heterocycles. The summed E-state index contributed by atoms with van der Waals surface area (Å²) in [5.41, 5.74) is 0. The van der Waals surface area contributed by atoms with Crippen LogP contribution in [0.2, 0.25) is 0 Å². The second-order valence-corrected chi connectivity index (χ2v) is 3.79. The van der Waals surface area contributed by atoms with Gasteiger partial charge in [-0.2, -0.15) is 0 Å². The predicted molar refractivity (Wildman–Crippen MR) is 59.7 cm³/mol. The third kappa shape index (κ3) is 4.86. The summed E-state index contributed by atoms with van der Waals surface area (Å²) >= 11 is 0. The van der Waals surface area contributed by atoms with Crippen LogP contribution in [0, 0.1) is 0 Å². The Hall–Kier alpha value is -1.56. The maximum Gasteiger partial charge on any atom is 0.408 e. The van der Waals surface area contributed by atoms with Gasteiger partial charge in [0.2, 0.25) is 0 Å². The zero-order valence-electron chi connectivity index (χ0n) is 9.55. The van der Waals surface area contributed by atoms with E-state index in [1.807, 2.05) is 0 Å². The Morgan fingerprint density at radius 2 is 2.41 bits per heavy atom. The fraction of sp³-hybridized carbons (Fsp3) is 0.636. The highest BCUT2D eigenvalue weighted by Crippen LogP contribution is 2.17. The number of hydrogen-bond donors (Lipinski definition) is 2. The molecule has 1 fully saturated rings. The van der Waals surface area contributed by atoms with E-state index in [1.165, 1.54) is 6.08 Å². The predicted octanol–water partition coefficient (Wildman–Crippen LogP) is 0.921. The van der Waals surface area contributed by atoms with Crippen LogP contribution in [0.1, 0.15) is 19.3 Å². The van der Waals surface area contributed by atoms with Crippen molar-refractivity contribution in [2.24, 2.45) is 0 Å². The highest BCUT2D eigenvalue weighted by molar-refractivity contribution is 5.79. The second kappa shape index (κ2) is 6.90. The van der Waals surface area contributed by atoms with Crippen LogP contribution in [0.3, 0.4) is 0 Å². The molecular formula is C11H17NO5. The SMILES string of the molecule is C=CCOC(=O)NC(CC1CCCO1)C(=O)O. The first-order valence-corrected chi connectivity index (χ1v) is 5.52. The Bertz CT molecular complexity index is 286. The van der Waals surface area contributed by atoms with Gasteiger partial charge >= 0.3 is 12.1 Å². The topological polar surface area (TPSA) is 84.9 Å². The smallest absolute Gasteiger partial charge is 0.408 e. The average molecular weight is 243 g/mol. The summed E-state index contributed by atoms with van der Waals surface area (Å²) in [6.07, 6.45) is 2.57. The molecule has 2 unspecified atom stereocenters. The molecule has 0 aliphatic carbocycles. The minimum atomic E-state index is -1.09. The number of carboxylic acid groups (broad SMARTS) is 1. The van der Waals surface area contributed by atoms with Crippen molar-refractivity contribution in [3.63, 3.8) is 0 Å². The molecule has 1 rings (SSSR count). The summed E-state index contributed by atoms with van der Waals surface area (Å²) in [4.78, 5) is 22.2. The number of alkyl carbamates (subject to hydrolysis) is 1. The number of aliphatic carboxylic acids is 1. The summed E-state index contributed by atoms with van der Waals surface area (Å²) in [5, 5.41) is 11.3. The summed E-state index contributed by atoms with van der Waals surface area (Å²) in [6, 6.07) is -0.976. The van der Waals surface area contributed by atoms with E-state index < -0.39 is 18.1 Å². The van der Waals surface area contributed by atoms with E-state index in [0.717, 1.165) is 12.8 Å². The third-order valence-electron chi connectivity index (χ3n) is 2.45. The number of carboxylic acids is 1. The third-order valence-corrected chi connectivity index (χ3v) is 2.45. The largest absolute Gasteiger partial charge is 0.480 e. The van der Waals surface area contributed by atoms with Crippen LogP contribution in [0.4, 0.5) is 4.79 Å². The van der Waals surface area contributed by atoms with Crippen LogP contribution >= 0.6 is 0 Å².